The smallest absolute Gasteiger partial charge is 0.226 e. The Morgan fingerprint density at radius 3 is 2.70 bits per heavy atom. The number of hydrogen-bond donors (Lipinski definition) is 4. The molecular weight excluding hydrogens is 344 g/mol. The molecule has 3 aliphatic rings. The molecule has 1 aromatic heterocycles. The number of hydrogen-bond acceptors (Lipinski definition) is 5. The molecule has 4 N–H and O–H groups in total. The highest BCUT2D eigenvalue weighted by Gasteiger charge is 2.52. The van der Waals surface area contributed by atoms with E-state index in [9.17, 15) is 15.0 Å². The fraction of sp³-hybridized carbons (Fsp3) is 0.800. The second-order valence-electron chi connectivity index (χ2n) is 8.73. The van der Waals surface area contributed by atoms with E-state index < -0.39 is 12.2 Å². The van der Waals surface area contributed by atoms with Crippen molar-refractivity contribution in [3.63, 3.8) is 0 Å². The predicted octanol–water partition coefficient (Wildman–Crippen LogP) is 0.460. The summed E-state index contributed by atoms with van der Waals surface area (Å²) in [4.78, 5) is 15.1. The van der Waals surface area contributed by atoms with Crippen molar-refractivity contribution in [1.29, 1.82) is 0 Å². The zero-order chi connectivity index (χ0) is 19.1. The lowest BCUT2D eigenvalue weighted by Gasteiger charge is -2.44. The van der Waals surface area contributed by atoms with Crippen molar-refractivity contribution in [3.8, 4) is 0 Å². The molecule has 27 heavy (non-hydrogen) atoms. The minimum absolute atomic E-state index is 0.0533. The van der Waals surface area contributed by atoms with E-state index in [1.165, 1.54) is 30.5 Å². The van der Waals surface area contributed by atoms with E-state index in [2.05, 4.69) is 15.5 Å². The van der Waals surface area contributed by atoms with Gasteiger partial charge in [-0.3, -0.25) is 9.89 Å². The third-order valence-corrected chi connectivity index (χ3v) is 7.11. The summed E-state index contributed by atoms with van der Waals surface area (Å²) in [6.07, 6.45) is 4.08. The Hall–Kier alpha value is -1.44. The van der Waals surface area contributed by atoms with Crippen LogP contribution in [0.25, 0.3) is 0 Å². The van der Waals surface area contributed by atoms with E-state index in [0.29, 0.717) is 13.1 Å². The normalized spacial score (nSPS) is 36.0. The molecule has 0 bridgehead atoms. The third-order valence-electron chi connectivity index (χ3n) is 7.11. The van der Waals surface area contributed by atoms with Crippen LogP contribution in [-0.4, -0.2) is 63.6 Å². The van der Waals surface area contributed by atoms with Crippen molar-refractivity contribution in [2.24, 2.45) is 23.7 Å². The third kappa shape index (κ3) is 3.30. The second kappa shape index (κ2) is 7.53. The fourth-order valence-electron chi connectivity index (χ4n) is 5.48. The molecule has 0 unspecified atom stereocenters. The zero-order valence-corrected chi connectivity index (χ0v) is 16.3. The van der Waals surface area contributed by atoms with Crippen LogP contribution >= 0.6 is 0 Å². The van der Waals surface area contributed by atoms with Crippen molar-refractivity contribution < 1.29 is 15.0 Å². The van der Waals surface area contributed by atoms with Gasteiger partial charge in [0, 0.05) is 31.1 Å². The summed E-state index contributed by atoms with van der Waals surface area (Å²) >= 11 is 0. The van der Waals surface area contributed by atoms with Gasteiger partial charge in [-0.2, -0.15) is 5.10 Å². The topological polar surface area (TPSA) is 101 Å². The number of aromatic amines is 1. The number of nitrogens with one attached hydrogen (secondary N) is 2. The maximum atomic E-state index is 13.3. The Bertz CT molecular complexity index is 691. The minimum atomic E-state index is -0.852. The van der Waals surface area contributed by atoms with Gasteiger partial charge in [0.15, 0.2) is 0 Å². The average molecular weight is 377 g/mol. The molecule has 1 saturated heterocycles. The monoisotopic (exact) mass is 376 g/mol. The number of aliphatic hydroxyl groups excluding tert-OH is 2. The van der Waals surface area contributed by atoms with E-state index in [0.717, 1.165) is 25.1 Å². The van der Waals surface area contributed by atoms with Crippen LogP contribution in [0.1, 0.15) is 43.1 Å². The fourth-order valence-corrected chi connectivity index (χ4v) is 5.48. The summed E-state index contributed by atoms with van der Waals surface area (Å²) in [7, 11) is 1.83. The van der Waals surface area contributed by atoms with Gasteiger partial charge in [-0.25, -0.2) is 0 Å². The van der Waals surface area contributed by atoms with Crippen LogP contribution in [0.3, 0.4) is 0 Å². The Morgan fingerprint density at radius 2 is 1.89 bits per heavy atom. The summed E-state index contributed by atoms with van der Waals surface area (Å²) in [5.74, 6) is -0.458. The lowest BCUT2D eigenvalue weighted by Crippen LogP contribution is -2.55. The Kier molecular flexibility index (Phi) is 5.27. The molecule has 1 aromatic rings. The van der Waals surface area contributed by atoms with Gasteiger partial charge in [0.2, 0.25) is 5.91 Å². The van der Waals surface area contributed by atoms with E-state index in [1.54, 1.807) is 4.90 Å². The predicted molar refractivity (Wildman–Crippen MR) is 101 cm³/mol. The quantitative estimate of drug-likeness (QED) is 0.574. The molecule has 2 heterocycles. The zero-order valence-electron chi connectivity index (χ0n) is 16.3. The lowest BCUT2D eigenvalue weighted by molar-refractivity contribution is -0.154. The van der Waals surface area contributed by atoms with Gasteiger partial charge in [-0.1, -0.05) is 13.3 Å². The standard InChI is InChI=1S/C20H32N4O3/c1-11-17(13-8-21-9-14(13)19(26)18(11)25)20(27)24(2)10-16-12-6-4-3-5-7-15(12)22-23-16/h11,13-14,17-19,21,25-26H,3-10H2,1-2H3,(H,22,23)/t11-,13+,14+,17+,18+,19+/m1/s1. The molecule has 150 valence electrons. The van der Waals surface area contributed by atoms with Crippen LogP contribution in [0.2, 0.25) is 0 Å². The average Bonchev–Trinajstić information content (AvgIpc) is 3.21. The van der Waals surface area contributed by atoms with Gasteiger partial charge in [0.25, 0.3) is 0 Å². The molecule has 7 nitrogen and oxygen atoms in total. The summed E-state index contributed by atoms with van der Waals surface area (Å²) < 4.78 is 0. The maximum absolute atomic E-state index is 13.3. The first-order chi connectivity index (χ1) is 13.0. The Morgan fingerprint density at radius 1 is 1.15 bits per heavy atom. The first-order valence-electron chi connectivity index (χ1n) is 10.4. The Labute approximate surface area is 160 Å². The van der Waals surface area contributed by atoms with Gasteiger partial charge < -0.3 is 20.4 Å². The molecule has 1 aliphatic heterocycles. The van der Waals surface area contributed by atoms with Crippen molar-refractivity contribution in [2.75, 3.05) is 20.1 Å². The molecule has 1 saturated carbocycles. The van der Waals surface area contributed by atoms with Crippen molar-refractivity contribution in [1.82, 2.24) is 20.4 Å². The van der Waals surface area contributed by atoms with Gasteiger partial charge >= 0.3 is 0 Å². The van der Waals surface area contributed by atoms with Crippen LogP contribution < -0.4 is 5.32 Å². The van der Waals surface area contributed by atoms with Gasteiger partial charge in [-0.05, 0) is 49.6 Å². The van der Waals surface area contributed by atoms with E-state index >= 15 is 0 Å². The van der Waals surface area contributed by atoms with Gasteiger partial charge in [0.05, 0.1) is 24.4 Å². The highest BCUT2D eigenvalue weighted by Crippen LogP contribution is 2.42. The van der Waals surface area contributed by atoms with Crippen LogP contribution in [-0.2, 0) is 24.2 Å². The van der Waals surface area contributed by atoms with Crippen LogP contribution in [0.15, 0.2) is 0 Å². The van der Waals surface area contributed by atoms with E-state index in [-0.39, 0.29) is 29.6 Å². The summed E-state index contributed by atoms with van der Waals surface area (Å²) in [5.41, 5.74) is 3.50. The van der Waals surface area contributed by atoms with Gasteiger partial charge in [0.1, 0.15) is 0 Å². The number of aromatic nitrogens is 2. The number of H-pyrrole nitrogens is 1. The minimum Gasteiger partial charge on any atom is -0.390 e. The van der Waals surface area contributed by atoms with Crippen LogP contribution in [0, 0.1) is 23.7 Å². The highest BCUT2D eigenvalue weighted by atomic mass is 16.3. The Balaban J connectivity index is 1.51. The number of carbonyl (C=O) groups is 1. The summed E-state index contributed by atoms with van der Waals surface area (Å²) in [5, 5.41) is 31.8. The molecule has 0 radical (unpaired) electrons. The SMILES string of the molecule is C[C@H]1[C@H](O)[C@@H](O)[C@H]2CNC[C@@H]2[C@H]1C(=O)N(C)Cc1n[nH]c2c1CCCCC2. The number of fused-ring (bicyclic) bond motifs is 2. The lowest BCUT2D eigenvalue weighted by atomic mass is 9.65. The maximum Gasteiger partial charge on any atom is 0.226 e. The van der Waals surface area contributed by atoms with E-state index in [1.807, 2.05) is 14.0 Å². The van der Waals surface area contributed by atoms with Crippen molar-refractivity contribution in [2.45, 2.75) is 57.8 Å². The number of nitrogens with zero attached hydrogens (tertiary/aromatic N) is 2. The van der Waals surface area contributed by atoms with Gasteiger partial charge in [-0.15, -0.1) is 0 Å². The second-order valence-corrected chi connectivity index (χ2v) is 8.73. The molecule has 0 aromatic carbocycles. The summed E-state index contributed by atoms with van der Waals surface area (Å²) in [6, 6.07) is 0. The molecule has 0 spiro atoms. The number of aliphatic hydroxyl groups is 2. The number of rotatable bonds is 3. The molecule has 4 rings (SSSR count). The molecule has 2 aliphatic carbocycles. The summed E-state index contributed by atoms with van der Waals surface area (Å²) in [6.45, 7) is 3.77. The highest BCUT2D eigenvalue weighted by molar-refractivity contribution is 5.79. The number of amides is 1. The molecule has 7 heteroatoms. The van der Waals surface area contributed by atoms with Crippen LogP contribution in [0.5, 0.6) is 0 Å². The van der Waals surface area contributed by atoms with Crippen LogP contribution in [0.4, 0.5) is 0 Å². The molecule has 1 amide bonds. The molecular formula is C20H32N4O3. The van der Waals surface area contributed by atoms with Crippen molar-refractivity contribution >= 4 is 5.91 Å². The number of aryl methyl sites for hydroxylation is 1. The first-order valence-corrected chi connectivity index (χ1v) is 10.4. The number of carbonyl (C=O) groups excluding carboxylic acids is 1. The van der Waals surface area contributed by atoms with E-state index in [4.69, 9.17) is 0 Å². The largest absolute Gasteiger partial charge is 0.390 e. The first kappa shape index (κ1) is 18.9. The van der Waals surface area contributed by atoms with Crippen molar-refractivity contribution in [3.05, 3.63) is 17.0 Å². The molecule has 2 fully saturated rings. The molecule has 6 atom stereocenters.